The van der Waals surface area contributed by atoms with Crippen molar-refractivity contribution in [3.05, 3.63) is 70.9 Å². The molecule has 2 aromatic heterocycles. The number of carbonyl (C=O) groups excluding carboxylic acids is 1. The molecule has 0 spiro atoms. The number of hydrogen-bond donors (Lipinski definition) is 0. The summed E-state index contributed by atoms with van der Waals surface area (Å²) in [5.41, 5.74) is 5.97. The van der Waals surface area contributed by atoms with Crippen LogP contribution in [0.1, 0.15) is 31.9 Å². The van der Waals surface area contributed by atoms with Crippen molar-refractivity contribution in [3.8, 4) is 22.3 Å². The highest BCUT2D eigenvalue weighted by Gasteiger charge is 2.24. The number of fused-ring (bicyclic) bond motifs is 1. The van der Waals surface area contributed by atoms with Crippen LogP contribution in [-0.2, 0) is 11.2 Å². The molecule has 0 fully saturated rings. The first-order chi connectivity index (χ1) is 13.5. The minimum absolute atomic E-state index is 0.00891. The number of benzene rings is 1. The van der Waals surface area contributed by atoms with Crippen LogP contribution in [0.3, 0.4) is 0 Å². The van der Waals surface area contributed by atoms with Gasteiger partial charge in [-0.1, -0.05) is 13.0 Å². The van der Waals surface area contributed by atoms with Gasteiger partial charge in [0.05, 0.1) is 6.42 Å². The molecule has 0 unspecified atom stereocenters. The van der Waals surface area contributed by atoms with Crippen LogP contribution < -0.4 is 10.5 Å². The number of aromatic nitrogens is 2. The van der Waals surface area contributed by atoms with Crippen LogP contribution in [0.25, 0.3) is 22.3 Å². The van der Waals surface area contributed by atoms with Crippen LogP contribution in [0.2, 0.25) is 0 Å². The van der Waals surface area contributed by atoms with Gasteiger partial charge in [0.1, 0.15) is 0 Å². The molecule has 0 aliphatic carbocycles. The summed E-state index contributed by atoms with van der Waals surface area (Å²) < 4.78 is 1.78. The van der Waals surface area contributed by atoms with Gasteiger partial charge in [0.25, 0.3) is 5.56 Å². The molecule has 1 aromatic carbocycles. The minimum atomic E-state index is 0.00891. The second-order valence-corrected chi connectivity index (χ2v) is 7.36. The third-order valence-corrected chi connectivity index (χ3v) is 5.57. The van der Waals surface area contributed by atoms with Gasteiger partial charge in [0.2, 0.25) is 5.91 Å². The summed E-state index contributed by atoms with van der Waals surface area (Å²) in [6.45, 7) is 4.12. The molecule has 0 bridgehead atoms. The fraction of sp³-hybridized carbons (Fsp3) is 0.261. The molecule has 0 saturated heterocycles. The lowest BCUT2D eigenvalue weighted by molar-refractivity contribution is -0.117. The molecule has 1 aliphatic heterocycles. The summed E-state index contributed by atoms with van der Waals surface area (Å²) in [5, 5.41) is 0. The van der Waals surface area contributed by atoms with Crippen molar-refractivity contribution in [2.45, 2.75) is 32.7 Å². The summed E-state index contributed by atoms with van der Waals surface area (Å²) in [6, 6.07) is 11.8. The van der Waals surface area contributed by atoms with Gasteiger partial charge in [0, 0.05) is 54.6 Å². The maximum atomic E-state index is 12.2. The van der Waals surface area contributed by atoms with Crippen LogP contribution >= 0.6 is 0 Å². The number of carbonyl (C=O) groups is 1. The van der Waals surface area contributed by atoms with E-state index in [2.05, 4.69) is 24.0 Å². The van der Waals surface area contributed by atoms with Crippen LogP contribution in [-0.4, -0.2) is 22.5 Å². The first-order valence-corrected chi connectivity index (χ1v) is 9.55. The van der Waals surface area contributed by atoms with Crippen LogP contribution in [0.15, 0.2) is 59.8 Å². The van der Waals surface area contributed by atoms with Gasteiger partial charge in [-0.15, -0.1) is 0 Å². The van der Waals surface area contributed by atoms with Gasteiger partial charge >= 0.3 is 0 Å². The number of anilines is 1. The number of rotatable bonds is 4. The number of likely N-dealkylation sites (N-methyl/N-ethyl adjacent to an activating group) is 1. The van der Waals surface area contributed by atoms with E-state index in [4.69, 9.17) is 0 Å². The number of pyridine rings is 2. The molecule has 0 radical (unpaired) electrons. The van der Waals surface area contributed by atoms with Gasteiger partial charge < -0.3 is 9.47 Å². The van der Waals surface area contributed by atoms with Crippen molar-refractivity contribution in [1.82, 2.24) is 9.55 Å². The van der Waals surface area contributed by atoms with E-state index < -0.39 is 0 Å². The molecule has 3 heterocycles. The lowest BCUT2D eigenvalue weighted by Crippen LogP contribution is -2.21. The van der Waals surface area contributed by atoms with Crippen molar-refractivity contribution in [3.63, 3.8) is 0 Å². The Kier molecular flexibility index (Phi) is 4.59. The van der Waals surface area contributed by atoms with Crippen molar-refractivity contribution >= 4 is 11.6 Å². The Labute approximate surface area is 164 Å². The summed E-state index contributed by atoms with van der Waals surface area (Å²) in [7, 11) is 1.81. The van der Waals surface area contributed by atoms with Crippen LogP contribution in [0.5, 0.6) is 0 Å². The Morgan fingerprint density at radius 3 is 2.46 bits per heavy atom. The monoisotopic (exact) mass is 373 g/mol. The maximum Gasteiger partial charge on any atom is 0.250 e. The Balaban J connectivity index is 1.73. The molecular formula is C23H23N3O2. The van der Waals surface area contributed by atoms with Gasteiger partial charge in [-0.25, -0.2) is 0 Å². The van der Waals surface area contributed by atoms with E-state index in [0.717, 1.165) is 39.9 Å². The molecule has 3 aromatic rings. The van der Waals surface area contributed by atoms with Crippen molar-refractivity contribution < 1.29 is 4.79 Å². The van der Waals surface area contributed by atoms with Crippen molar-refractivity contribution in [1.29, 1.82) is 0 Å². The maximum absolute atomic E-state index is 12.2. The summed E-state index contributed by atoms with van der Waals surface area (Å²) in [5.74, 6) is 0.117. The third kappa shape index (κ3) is 3.13. The Bertz CT molecular complexity index is 1120. The van der Waals surface area contributed by atoms with Gasteiger partial charge in [0.15, 0.2) is 0 Å². The van der Waals surface area contributed by atoms with E-state index in [9.17, 15) is 9.59 Å². The predicted molar refractivity (Wildman–Crippen MR) is 111 cm³/mol. The fourth-order valence-corrected chi connectivity index (χ4v) is 3.62. The topological polar surface area (TPSA) is 55.2 Å². The summed E-state index contributed by atoms with van der Waals surface area (Å²) in [6.07, 6.45) is 6.88. The number of hydrogen-bond acceptors (Lipinski definition) is 3. The predicted octanol–water partition coefficient (Wildman–Crippen LogP) is 4.07. The smallest absolute Gasteiger partial charge is 0.250 e. The Morgan fingerprint density at radius 2 is 1.71 bits per heavy atom. The third-order valence-electron chi connectivity index (χ3n) is 5.57. The fourth-order valence-electron chi connectivity index (χ4n) is 3.62. The standard InChI is InChI=1S/C23H23N3O2/c1-4-15(2)26-14-17(6-8-22(26)27)20-10-19(12-24-13-20)16-5-7-21-18(9-16)11-23(28)25(21)3/h5-10,12-15H,4,11H2,1-3H3/t15-/m1/s1. The van der Waals surface area contributed by atoms with Crippen LogP contribution in [0, 0.1) is 0 Å². The zero-order valence-electron chi connectivity index (χ0n) is 16.3. The highest BCUT2D eigenvalue weighted by molar-refractivity contribution is 6.01. The Hall–Kier alpha value is -3.21. The molecule has 5 nitrogen and oxygen atoms in total. The Morgan fingerprint density at radius 1 is 1.00 bits per heavy atom. The molecule has 1 amide bonds. The lowest BCUT2D eigenvalue weighted by Gasteiger charge is -2.14. The average Bonchev–Trinajstić information content (AvgIpc) is 3.01. The molecule has 5 heteroatoms. The normalized spacial score (nSPS) is 14.2. The zero-order chi connectivity index (χ0) is 19.8. The highest BCUT2D eigenvalue weighted by Crippen LogP contribution is 2.33. The van der Waals surface area contributed by atoms with E-state index in [-0.39, 0.29) is 17.5 Å². The largest absolute Gasteiger partial charge is 0.315 e. The summed E-state index contributed by atoms with van der Waals surface area (Å²) in [4.78, 5) is 30.2. The number of amides is 1. The molecule has 1 aliphatic rings. The second kappa shape index (κ2) is 7.08. The van der Waals surface area contributed by atoms with E-state index in [0.29, 0.717) is 6.42 Å². The number of nitrogens with zero attached hydrogens (tertiary/aromatic N) is 3. The molecule has 1 atom stereocenters. The van der Waals surface area contributed by atoms with E-state index in [1.807, 2.05) is 50.8 Å². The van der Waals surface area contributed by atoms with Gasteiger partial charge in [-0.3, -0.25) is 14.6 Å². The van der Waals surface area contributed by atoms with Crippen molar-refractivity contribution in [2.75, 3.05) is 11.9 Å². The zero-order valence-corrected chi connectivity index (χ0v) is 16.3. The van der Waals surface area contributed by atoms with E-state index in [1.165, 1.54) is 0 Å². The molecule has 0 saturated carbocycles. The second-order valence-electron chi connectivity index (χ2n) is 7.36. The van der Waals surface area contributed by atoms with E-state index >= 15 is 0 Å². The quantitative estimate of drug-likeness (QED) is 0.693. The first kappa shape index (κ1) is 18.2. The average molecular weight is 373 g/mol. The lowest BCUT2D eigenvalue weighted by atomic mass is 10.00. The summed E-state index contributed by atoms with van der Waals surface area (Å²) >= 11 is 0. The first-order valence-electron chi connectivity index (χ1n) is 9.55. The van der Waals surface area contributed by atoms with Crippen LogP contribution in [0.4, 0.5) is 5.69 Å². The molecule has 0 N–H and O–H groups in total. The SMILES string of the molecule is CC[C@@H](C)n1cc(-c2cncc(-c3ccc4c(c3)CC(=O)N4C)c2)ccc1=O. The highest BCUT2D eigenvalue weighted by atomic mass is 16.2. The van der Waals surface area contributed by atoms with E-state index in [1.54, 1.807) is 15.5 Å². The molecule has 4 rings (SSSR count). The van der Waals surface area contributed by atoms with Crippen molar-refractivity contribution in [2.24, 2.45) is 0 Å². The molecule has 28 heavy (non-hydrogen) atoms. The van der Waals surface area contributed by atoms with Gasteiger partial charge in [-0.05, 0) is 54.3 Å². The van der Waals surface area contributed by atoms with Gasteiger partial charge in [-0.2, -0.15) is 0 Å². The molecule has 142 valence electrons. The minimum Gasteiger partial charge on any atom is -0.315 e. The molecular weight excluding hydrogens is 350 g/mol.